The number of hydrogen-bond donors (Lipinski definition) is 0. The molecule has 1 aromatic heterocycles. The fourth-order valence-corrected chi connectivity index (χ4v) is 1.82. The third-order valence-electron chi connectivity index (χ3n) is 0.710. The van der Waals surface area contributed by atoms with E-state index in [1.54, 1.807) is 18.4 Å². The fraction of sp³-hybridized carbons (Fsp3) is 0.500. The van der Waals surface area contributed by atoms with Crippen molar-refractivity contribution in [3.05, 3.63) is 8.02 Å². The molecule has 50 valence electrons. The summed E-state index contributed by atoms with van der Waals surface area (Å²) in [7, 11) is 1.65. The SMILES string of the molecule is COCc1nnc(I)s1. The number of hydrogen-bond acceptors (Lipinski definition) is 4. The lowest BCUT2D eigenvalue weighted by molar-refractivity contribution is 0.184. The molecule has 0 aliphatic rings. The highest BCUT2D eigenvalue weighted by molar-refractivity contribution is 14.1. The monoisotopic (exact) mass is 256 g/mol. The van der Waals surface area contributed by atoms with E-state index >= 15 is 0 Å². The normalized spacial score (nSPS) is 10.0. The van der Waals surface area contributed by atoms with Crippen molar-refractivity contribution >= 4 is 33.9 Å². The van der Waals surface area contributed by atoms with Gasteiger partial charge in [-0.15, -0.1) is 10.2 Å². The van der Waals surface area contributed by atoms with Crippen molar-refractivity contribution in [1.82, 2.24) is 10.2 Å². The van der Waals surface area contributed by atoms with Crippen LogP contribution in [0.5, 0.6) is 0 Å². The van der Waals surface area contributed by atoms with Crippen LogP contribution >= 0.6 is 33.9 Å². The van der Waals surface area contributed by atoms with E-state index in [0.717, 1.165) is 8.02 Å². The summed E-state index contributed by atoms with van der Waals surface area (Å²) in [6.45, 7) is 0.570. The zero-order valence-corrected chi connectivity index (χ0v) is 7.77. The van der Waals surface area contributed by atoms with E-state index in [1.165, 1.54) is 0 Å². The molecule has 1 heterocycles. The van der Waals surface area contributed by atoms with E-state index < -0.39 is 0 Å². The largest absolute Gasteiger partial charge is 0.377 e. The third kappa shape index (κ3) is 2.15. The van der Waals surface area contributed by atoms with Crippen LogP contribution in [0.25, 0.3) is 0 Å². The van der Waals surface area contributed by atoms with Gasteiger partial charge >= 0.3 is 0 Å². The lowest BCUT2D eigenvalue weighted by Gasteiger charge is -1.86. The second-order valence-corrected chi connectivity index (χ2v) is 4.20. The molecule has 0 N–H and O–H groups in total. The van der Waals surface area contributed by atoms with Crippen LogP contribution in [0, 0.1) is 3.01 Å². The zero-order chi connectivity index (χ0) is 6.69. The van der Waals surface area contributed by atoms with Gasteiger partial charge in [0.15, 0.2) is 3.01 Å². The minimum absolute atomic E-state index is 0.570. The predicted molar refractivity (Wildman–Crippen MR) is 43.3 cm³/mol. The van der Waals surface area contributed by atoms with Gasteiger partial charge in [0.25, 0.3) is 0 Å². The van der Waals surface area contributed by atoms with Crippen LogP contribution in [0.15, 0.2) is 0 Å². The van der Waals surface area contributed by atoms with E-state index in [9.17, 15) is 0 Å². The van der Waals surface area contributed by atoms with Gasteiger partial charge in [0.05, 0.1) is 6.61 Å². The highest BCUT2D eigenvalue weighted by Crippen LogP contribution is 2.11. The van der Waals surface area contributed by atoms with E-state index in [-0.39, 0.29) is 0 Å². The maximum atomic E-state index is 4.85. The van der Waals surface area contributed by atoms with Crippen molar-refractivity contribution in [3.8, 4) is 0 Å². The zero-order valence-electron chi connectivity index (χ0n) is 4.80. The van der Waals surface area contributed by atoms with E-state index in [1.807, 2.05) is 0 Å². The third-order valence-corrected chi connectivity index (χ3v) is 2.27. The molecule has 0 radical (unpaired) electrons. The van der Waals surface area contributed by atoms with Crippen LogP contribution in [0.3, 0.4) is 0 Å². The summed E-state index contributed by atoms with van der Waals surface area (Å²) in [5.41, 5.74) is 0. The molecular formula is C4H5IN2OS. The Kier molecular flexibility index (Phi) is 2.80. The van der Waals surface area contributed by atoms with Gasteiger partial charge in [-0.25, -0.2) is 0 Å². The van der Waals surface area contributed by atoms with E-state index in [0.29, 0.717) is 6.61 Å². The number of aromatic nitrogens is 2. The molecule has 0 bridgehead atoms. The molecule has 1 rings (SSSR count). The lowest BCUT2D eigenvalue weighted by Crippen LogP contribution is -1.84. The summed E-state index contributed by atoms with van der Waals surface area (Å²) in [4.78, 5) is 0. The Balaban J connectivity index is 2.61. The van der Waals surface area contributed by atoms with Gasteiger partial charge < -0.3 is 4.74 Å². The summed E-state index contributed by atoms with van der Waals surface area (Å²) in [6.07, 6.45) is 0. The Morgan fingerprint density at radius 2 is 2.44 bits per heavy atom. The Labute approximate surface area is 70.6 Å². The molecule has 0 saturated heterocycles. The van der Waals surface area contributed by atoms with Crippen LogP contribution in [0.1, 0.15) is 5.01 Å². The van der Waals surface area contributed by atoms with Gasteiger partial charge in [-0.3, -0.25) is 0 Å². The standard InChI is InChI=1S/C4H5IN2OS/c1-8-2-3-6-7-4(5)9-3/h2H2,1H3. The average Bonchev–Trinajstić information content (AvgIpc) is 2.17. The molecular weight excluding hydrogens is 251 g/mol. The summed E-state index contributed by atoms with van der Waals surface area (Å²) in [6, 6.07) is 0. The molecule has 0 spiro atoms. The van der Waals surface area contributed by atoms with Crippen molar-refractivity contribution in [2.45, 2.75) is 6.61 Å². The smallest absolute Gasteiger partial charge is 0.178 e. The highest BCUT2D eigenvalue weighted by Gasteiger charge is 1.97. The van der Waals surface area contributed by atoms with Gasteiger partial charge in [0.1, 0.15) is 5.01 Å². The number of rotatable bonds is 2. The van der Waals surface area contributed by atoms with Crippen molar-refractivity contribution in [2.75, 3.05) is 7.11 Å². The fourth-order valence-electron chi connectivity index (χ4n) is 0.415. The topological polar surface area (TPSA) is 35.0 Å². The van der Waals surface area contributed by atoms with E-state index in [2.05, 4.69) is 32.8 Å². The molecule has 5 heteroatoms. The van der Waals surface area contributed by atoms with E-state index in [4.69, 9.17) is 4.74 Å². The Morgan fingerprint density at radius 3 is 2.89 bits per heavy atom. The quantitative estimate of drug-likeness (QED) is 0.748. The van der Waals surface area contributed by atoms with Crippen molar-refractivity contribution in [2.24, 2.45) is 0 Å². The minimum atomic E-state index is 0.570. The van der Waals surface area contributed by atoms with Crippen LogP contribution in [-0.2, 0) is 11.3 Å². The average molecular weight is 256 g/mol. The molecule has 0 fully saturated rings. The minimum Gasteiger partial charge on any atom is -0.377 e. The first-order chi connectivity index (χ1) is 4.33. The van der Waals surface area contributed by atoms with Crippen LogP contribution in [0.2, 0.25) is 0 Å². The Bertz CT molecular complexity index is 190. The first-order valence-electron chi connectivity index (χ1n) is 2.29. The van der Waals surface area contributed by atoms with Crippen LogP contribution in [0.4, 0.5) is 0 Å². The summed E-state index contributed by atoms with van der Waals surface area (Å²) >= 11 is 3.68. The van der Waals surface area contributed by atoms with Crippen LogP contribution < -0.4 is 0 Å². The number of halogens is 1. The summed E-state index contributed by atoms with van der Waals surface area (Å²) in [5.74, 6) is 0. The number of ether oxygens (including phenoxy) is 1. The highest BCUT2D eigenvalue weighted by atomic mass is 127. The first kappa shape index (κ1) is 7.36. The second-order valence-electron chi connectivity index (χ2n) is 1.38. The molecule has 0 amide bonds. The first-order valence-corrected chi connectivity index (χ1v) is 4.19. The Hall–Kier alpha value is 0.250. The molecule has 0 aliphatic heterocycles. The molecule has 0 saturated carbocycles. The van der Waals surface area contributed by atoms with Crippen LogP contribution in [-0.4, -0.2) is 17.3 Å². The van der Waals surface area contributed by atoms with Gasteiger partial charge in [0.2, 0.25) is 0 Å². The van der Waals surface area contributed by atoms with Gasteiger partial charge in [0, 0.05) is 7.11 Å². The van der Waals surface area contributed by atoms with Gasteiger partial charge in [-0.05, 0) is 22.6 Å². The maximum absolute atomic E-state index is 4.85. The summed E-state index contributed by atoms with van der Waals surface area (Å²) < 4.78 is 5.80. The van der Waals surface area contributed by atoms with Crippen molar-refractivity contribution < 1.29 is 4.74 Å². The number of methoxy groups -OCH3 is 1. The predicted octanol–water partition coefficient (Wildman–Crippen LogP) is 1.29. The maximum Gasteiger partial charge on any atom is 0.178 e. The van der Waals surface area contributed by atoms with Crippen molar-refractivity contribution in [3.63, 3.8) is 0 Å². The van der Waals surface area contributed by atoms with Crippen molar-refractivity contribution in [1.29, 1.82) is 0 Å². The molecule has 1 aromatic rings. The second kappa shape index (κ2) is 3.43. The summed E-state index contributed by atoms with van der Waals surface area (Å²) in [5, 5.41) is 8.58. The molecule has 0 aliphatic carbocycles. The van der Waals surface area contributed by atoms with Gasteiger partial charge in [-0.1, -0.05) is 11.3 Å². The molecule has 9 heavy (non-hydrogen) atoms. The molecule has 3 nitrogen and oxygen atoms in total. The molecule has 0 atom stereocenters. The van der Waals surface area contributed by atoms with Gasteiger partial charge in [-0.2, -0.15) is 0 Å². The number of nitrogens with zero attached hydrogens (tertiary/aromatic N) is 2. The molecule has 0 unspecified atom stereocenters. The molecule has 0 aromatic carbocycles. The Morgan fingerprint density at radius 1 is 1.67 bits per heavy atom. The lowest BCUT2D eigenvalue weighted by atomic mass is 10.8.